The first kappa shape index (κ1) is 14.1. The minimum absolute atomic E-state index is 0.509. The Morgan fingerprint density at radius 2 is 1.89 bits per heavy atom. The molecule has 0 saturated heterocycles. The van der Waals surface area contributed by atoms with Crippen molar-refractivity contribution in [3.05, 3.63) is 33.8 Å². The molecule has 1 aliphatic rings. The van der Waals surface area contributed by atoms with Crippen molar-refractivity contribution < 1.29 is 0 Å². The number of rotatable bonds is 3. The number of aryl methyl sites for hydroxylation is 1. The molecule has 1 N–H and O–H groups in total. The summed E-state index contributed by atoms with van der Waals surface area (Å²) in [5.41, 5.74) is 2.86. The predicted octanol–water partition coefficient (Wildman–Crippen LogP) is 4.84. The quantitative estimate of drug-likeness (QED) is 0.842. The second-order valence-electron chi connectivity index (χ2n) is 5.79. The molecule has 0 aliphatic heterocycles. The summed E-state index contributed by atoms with van der Waals surface area (Å²) in [5.74, 6) is 1.71. The van der Waals surface area contributed by atoms with Crippen LogP contribution in [0, 0.1) is 18.8 Å². The summed E-state index contributed by atoms with van der Waals surface area (Å²) in [6.45, 7) is 4.60. The minimum Gasteiger partial charge on any atom is -0.313 e. The highest BCUT2D eigenvalue weighted by Crippen LogP contribution is 2.38. The Kier molecular flexibility index (Phi) is 4.85. The highest BCUT2D eigenvalue weighted by molar-refractivity contribution is 9.10. The summed E-state index contributed by atoms with van der Waals surface area (Å²) in [6, 6.07) is 7.15. The van der Waals surface area contributed by atoms with Crippen molar-refractivity contribution in [2.24, 2.45) is 11.8 Å². The molecule has 18 heavy (non-hydrogen) atoms. The Bertz CT molecular complexity index is 394. The van der Waals surface area contributed by atoms with Crippen LogP contribution in [-0.4, -0.2) is 7.05 Å². The molecule has 0 bridgehead atoms. The van der Waals surface area contributed by atoms with Gasteiger partial charge in [0.25, 0.3) is 0 Å². The minimum atomic E-state index is 0.509. The largest absolute Gasteiger partial charge is 0.313 e. The second-order valence-corrected chi connectivity index (χ2v) is 6.70. The van der Waals surface area contributed by atoms with Crippen molar-refractivity contribution in [2.45, 2.75) is 45.6 Å². The third kappa shape index (κ3) is 3.16. The summed E-state index contributed by atoms with van der Waals surface area (Å²) < 4.78 is 1.19. The zero-order valence-corrected chi connectivity index (χ0v) is 13.3. The number of hydrogen-bond acceptors (Lipinski definition) is 1. The van der Waals surface area contributed by atoms with Gasteiger partial charge in [-0.15, -0.1) is 0 Å². The Labute approximate surface area is 119 Å². The fourth-order valence-corrected chi connectivity index (χ4v) is 3.59. The van der Waals surface area contributed by atoms with E-state index in [-0.39, 0.29) is 0 Å². The molecular formula is C16H24BrN. The molecule has 1 aliphatic carbocycles. The lowest BCUT2D eigenvalue weighted by atomic mass is 9.77. The van der Waals surface area contributed by atoms with Gasteiger partial charge in [0.2, 0.25) is 0 Å². The predicted molar refractivity (Wildman–Crippen MR) is 81.8 cm³/mol. The summed E-state index contributed by atoms with van der Waals surface area (Å²) in [7, 11) is 2.10. The van der Waals surface area contributed by atoms with E-state index in [4.69, 9.17) is 0 Å². The summed E-state index contributed by atoms with van der Waals surface area (Å²) in [5, 5.41) is 3.55. The van der Waals surface area contributed by atoms with E-state index in [2.05, 4.69) is 60.3 Å². The molecule has 2 heteroatoms. The number of halogens is 1. The highest BCUT2D eigenvalue weighted by atomic mass is 79.9. The average molecular weight is 310 g/mol. The van der Waals surface area contributed by atoms with Crippen LogP contribution in [0.25, 0.3) is 0 Å². The first-order chi connectivity index (χ1) is 8.61. The fourth-order valence-electron chi connectivity index (χ4n) is 3.21. The maximum absolute atomic E-state index is 3.60. The maximum atomic E-state index is 3.60. The van der Waals surface area contributed by atoms with Crippen molar-refractivity contribution >= 4 is 15.9 Å². The maximum Gasteiger partial charge on any atom is 0.0349 e. The second kappa shape index (κ2) is 6.21. The Hall–Kier alpha value is -0.340. The number of benzene rings is 1. The van der Waals surface area contributed by atoms with E-state index in [0.29, 0.717) is 6.04 Å². The Morgan fingerprint density at radius 1 is 1.22 bits per heavy atom. The van der Waals surface area contributed by atoms with Crippen molar-refractivity contribution in [3.63, 3.8) is 0 Å². The smallest absolute Gasteiger partial charge is 0.0349 e. The summed E-state index contributed by atoms with van der Waals surface area (Å²) in [6.07, 6.45) is 5.49. The van der Waals surface area contributed by atoms with E-state index < -0.39 is 0 Å². The van der Waals surface area contributed by atoms with Crippen LogP contribution in [0.5, 0.6) is 0 Å². The molecule has 0 amide bonds. The van der Waals surface area contributed by atoms with Crippen molar-refractivity contribution in [3.8, 4) is 0 Å². The van der Waals surface area contributed by atoms with E-state index in [1.165, 1.54) is 41.3 Å². The van der Waals surface area contributed by atoms with Gasteiger partial charge in [0.1, 0.15) is 0 Å². The molecule has 1 atom stereocenters. The van der Waals surface area contributed by atoms with Crippen LogP contribution < -0.4 is 5.32 Å². The molecule has 1 saturated carbocycles. The van der Waals surface area contributed by atoms with E-state index in [1.54, 1.807) is 0 Å². The lowest BCUT2D eigenvalue weighted by molar-refractivity contribution is 0.237. The Balaban J connectivity index is 2.19. The third-order valence-corrected chi connectivity index (χ3v) is 4.91. The van der Waals surface area contributed by atoms with Crippen LogP contribution in [0.2, 0.25) is 0 Å². The molecule has 1 nitrogen and oxygen atoms in total. The van der Waals surface area contributed by atoms with Crippen LogP contribution in [-0.2, 0) is 0 Å². The zero-order chi connectivity index (χ0) is 13.1. The van der Waals surface area contributed by atoms with Gasteiger partial charge in [0.05, 0.1) is 0 Å². The molecule has 1 aromatic carbocycles. The topological polar surface area (TPSA) is 12.0 Å². The number of hydrogen-bond donors (Lipinski definition) is 1. The lowest BCUT2D eigenvalue weighted by Crippen LogP contribution is -2.29. The van der Waals surface area contributed by atoms with E-state index in [0.717, 1.165) is 11.8 Å². The van der Waals surface area contributed by atoms with Gasteiger partial charge >= 0.3 is 0 Å². The fraction of sp³-hybridized carbons (Fsp3) is 0.625. The van der Waals surface area contributed by atoms with Gasteiger partial charge in [-0.05, 0) is 61.9 Å². The normalized spacial score (nSPS) is 26.0. The molecule has 0 aromatic heterocycles. The van der Waals surface area contributed by atoms with Crippen molar-refractivity contribution in [1.29, 1.82) is 0 Å². The summed E-state index contributed by atoms with van der Waals surface area (Å²) in [4.78, 5) is 0. The lowest BCUT2D eigenvalue weighted by Gasteiger charge is -2.33. The van der Waals surface area contributed by atoms with Crippen LogP contribution >= 0.6 is 15.9 Å². The molecule has 0 heterocycles. The van der Waals surface area contributed by atoms with Crippen LogP contribution in [0.15, 0.2) is 22.7 Å². The first-order valence-corrected chi connectivity index (χ1v) is 7.84. The van der Waals surface area contributed by atoms with Gasteiger partial charge in [-0.3, -0.25) is 0 Å². The summed E-state index contributed by atoms with van der Waals surface area (Å²) >= 11 is 3.60. The molecular weight excluding hydrogens is 286 g/mol. The van der Waals surface area contributed by atoms with Gasteiger partial charge in [0.15, 0.2) is 0 Å². The average Bonchev–Trinajstić information content (AvgIpc) is 2.37. The van der Waals surface area contributed by atoms with Crippen LogP contribution in [0.3, 0.4) is 0 Å². The zero-order valence-electron chi connectivity index (χ0n) is 11.7. The molecule has 1 aromatic rings. The molecule has 100 valence electrons. The molecule has 1 unspecified atom stereocenters. The molecule has 1 fully saturated rings. The van der Waals surface area contributed by atoms with E-state index in [1.807, 2.05) is 0 Å². The van der Waals surface area contributed by atoms with Gasteiger partial charge in [-0.25, -0.2) is 0 Å². The van der Waals surface area contributed by atoms with Gasteiger partial charge < -0.3 is 5.32 Å². The van der Waals surface area contributed by atoms with E-state index in [9.17, 15) is 0 Å². The van der Waals surface area contributed by atoms with Crippen molar-refractivity contribution in [1.82, 2.24) is 5.32 Å². The van der Waals surface area contributed by atoms with Gasteiger partial charge in [-0.2, -0.15) is 0 Å². The Morgan fingerprint density at radius 3 is 2.50 bits per heavy atom. The highest BCUT2D eigenvalue weighted by Gasteiger charge is 2.27. The SMILES string of the molecule is CNC(c1cc(Br)ccc1C)C1CCC(C)CC1. The molecule has 0 spiro atoms. The van der Waals surface area contributed by atoms with Gasteiger partial charge in [0, 0.05) is 10.5 Å². The first-order valence-electron chi connectivity index (χ1n) is 7.05. The molecule has 0 radical (unpaired) electrons. The standard InChI is InChI=1S/C16H24BrN/c1-11-4-7-13(8-5-11)16(18-3)15-10-14(17)9-6-12(15)2/h6,9-11,13,16,18H,4-5,7-8H2,1-3H3. The monoisotopic (exact) mass is 309 g/mol. The van der Waals surface area contributed by atoms with E-state index >= 15 is 0 Å². The van der Waals surface area contributed by atoms with Crippen LogP contribution in [0.1, 0.15) is 49.8 Å². The number of nitrogens with one attached hydrogen (secondary N) is 1. The van der Waals surface area contributed by atoms with Crippen LogP contribution in [0.4, 0.5) is 0 Å². The molecule has 2 rings (SSSR count). The van der Waals surface area contributed by atoms with Gasteiger partial charge in [-0.1, -0.05) is 41.8 Å². The van der Waals surface area contributed by atoms with Crippen molar-refractivity contribution in [2.75, 3.05) is 7.05 Å². The third-order valence-electron chi connectivity index (χ3n) is 4.42.